The minimum Gasteiger partial charge on any atom is -0.327 e. The molecule has 0 saturated carbocycles. The average molecular weight is 435 g/mol. The van der Waals surface area contributed by atoms with E-state index in [2.05, 4.69) is 22.8 Å². The molecule has 32 heavy (non-hydrogen) atoms. The highest BCUT2D eigenvalue weighted by Crippen LogP contribution is 2.28. The molecule has 0 spiro atoms. The number of nitrogens with one attached hydrogen (secondary N) is 2. The highest BCUT2D eigenvalue weighted by molar-refractivity contribution is 6.05. The highest BCUT2D eigenvalue weighted by atomic mass is 16.2. The third-order valence-electron chi connectivity index (χ3n) is 6.38. The summed E-state index contributed by atoms with van der Waals surface area (Å²) in [5.41, 5.74) is 10.1. The fraction of sp³-hybridized carbons (Fsp3) is 0.400. The number of carbonyl (C=O) groups excluding carboxylic acids is 3. The van der Waals surface area contributed by atoms with Crippen LogP contribution in [-0.4, -0.2) is 40.7 Å². The van der Waals surface area contributed by atoms with E-state index in [1.165, 1.54) is 5.56 Å². The van der Waals surface area contributed by atoms with Crippen molar-refractivity contribution in [3.8, 4) is 0 Å². The van der Waals surface area contributed by atoms with Gasteiger partial charge in [0.05, 0.1) is 0 Å². The van der Waals surface area contributed by atoms with Crippen LogP contribution in [0.2, 0.25) is 0 Å². The van der Waals surface area contributed by atoms with E-state index in [1.807, 2.05) is 43.3 Å². The number of hydrogen-bond donors (Lipinski definition) is 3. The van der Waals surface area contributed by atoms with Gasteiger partial charge in [0.15, 0.2) is 0 Å². The third kappa shape index (κ3) is 4.89. The second-order valence-electron chi connectivity index (χ2n) is 8.76. The van der Waals surface area contributed by atoms with Crippen molar-refractivity contribution < 1.29 is 14.4 Å². The predicted molar refractivity (Wildman–Crippen MR) is 122 cm³/mol. The van der Waals surface area contributed by atoms with Crippen LogP contribution in [0.1, 0.15) is 53.2 Å². The maximum atomic E-state index is 13.0. The first-order valence-electron chi connectivity index (χ1n) is 11.2. The molecule has 7 nitrogen and oxygen atoms in total. The summed E-state index contributed by atoms with van der Waals surface area (Å²) < 4.78 is 0. The maximum absolute atomic E-state index is 13.0. The topological polar surface area (TPSA) is 105 Å². The fourth-order valence-corrected chi connectivity index (χ4v) is 4.48. The molecule has 2 aromatic carbocycles. The van der Waals surface area contributed by atoms with Gasteiger partial charge >= 0.3 is 0 Å². The molecule has 4 N–H and O–H groups in total. The standard InChI is InChI=1S/C25H30N4O3/c1-16(26)21(10-8-17-5-3-2-4-6-17)27-14-18-7-9-19-15-29(25(32)20(19)13-18)22-11-12-23(30)28-24(22)31/h2-7,9,13,16,21-22,27H,8,10-12,14-15,26H2,1H3,(H,28,30,31). The quantitative estimate of drug-likeness (QED) is 0.551. The molecule has 0 bridgehead atoms. The van der Waals surface area contributed by atoms with Crippen LogP contribution in [0.25, 0.3) is 0 Å². The molecule has 1 fully saturated rings. The lowest BCUT2D eigenvalue weighted by Crippen LogP contribution is -2.52. The van der Waals surface area contributed by atoms with E-state index in [1.54, 1.807) is 4.90 Å². The molecule has 2 heterocycles. The smallest absolute Gasteiger partial charge is 0.255 e. The summed E-state index contributed by atoms with van der Waals surface area (Å²) in [6, 6.07) is 15.8. The predicted octanol–water partition coefficient (Wildman–Crippen LogP) is 1.89. The minimum atomic E-state index is -0.588. The second-order valence-corrected chi connectivity index (χ2v) is 8.76. The van der Waals surface area contributed by atoms with Crippen LogP contribution in [0.15, 0.2) is 48.5 Å². The van der Waals surface area contributed by atoms with Crippen LogP contribution in [0.5, 0.6) is 0 Å². The van der Waals surface area contributed by atoms with E-state index in [9.17, 15) is 14.4 Å². The molecule has 0 radical (unpaired) electrons. The molecule has 3 amide bonds. The Morgan fingerprint density at radius 2 is 1.91 bits per heavy atom. The monoisotopic (exact) mass is 434 g/mol. The number of amides is 3. The molecule has 4 rings (SSSR count). The Hall–Kier alpha value is -3.03. The van der Waals surface area contributed by atoms with E-state index < -0.39 is 6.04 Å². The molecule has 0 aliphatic carbocycles. The number of hydrogen-bond acceptors (Lipinski definition) is 5. The Kier molecular flexibility index (Phi) is 6.67. The van der Waals surface area contributed by atoms with Gasteiger partial charge in [-0.25, -0.2) is 0 Å². The number of rotatable bonds is 8. The summed E-state index contributed by atoms with van der Waals surface area (Å²) in [7, 11) is 0. The Morgan fingerprint density at radius 3 is 2.62 bits per heavy atom. The Bertz CT molecular complexity index is 1010. The zero-order chi connectivity index (χ0) is 22.7. The lowest BCUT2D eigenvalue weighted by Gasteiger charge is -2.29. The zero-order valence-corrected chi connectivity index (χ0v) is 18.3. The minimum absolute atomic E-state index is 0.00205. The maximum Gasteiger partial charge on any atom is 0.255 e. The molecule has 2 aromatic rings. The second kappa shape index (κ2) is 9.63. The van der Waals surface area contributed by atoms with Crippen LogP contribution in [0.4, 0.5) is 0 Å². The first-order chi connectivity index (χ1) is 15.4. The Balaban J connectivity index is 1.38. The summed E-state index contributed by atoms with van der Waals surface area (Å²) >= 11 is 0. The van der Waals surface area contributed by atoms with Crippen LogP contribution in [-0.2, 0) is 29.1 Å². The first kappa shape index (κ1) is 22.2. The number of aryl methyl sites for hydroxylation is 1. The van der Waals surface area contributed by atoms with Gasteiger partial charge in [0.25, 0.3) is 5.91 Å². The van der Waals surface area contributed by atoms with E-state index in [0.717, 1.165) is 24.0 Å². The number of piperidine rings is 1. The van der Waals surface area contributed by atoms with Gasteiger partial charge in [0, 0.05) is 37.2 Å². The van der Waals surface area contributed by atoms with Gasteiger partial charge in [0.2, 0.25) is 11.8 Å². The summed E-state index contributed by atoms with van der Waals surface area (Å²) in [6.45, 7) is 3.01. The van der Waals surface area contributed by atoms with Crippen LogP contribution >= 0.6 is 0 Å². The fourth-order valence-electron chi connectivity index (χ4n) is 4.48. The highest BCUT2D eigenvalue weighted by Gasteiger charge is 2.39. The Morgan fingerprint density at radius 1 is 1.12 bits per heavy atom. The third-order valence-corrected chi connectivity index (χ3v) is 6.38. The van der Waals surface area contributed by atoms with Crippen molar-refractivity contribution in [1.82, 2.24) is 15.5 Å². The van der Waals surface area contributed by atoms with Gasteiger partial charge in [-0.2, -0.15) is 0 Å². The van der Waals surface area contributed by atoms with Crippen LogP contribution in [0, 0.1) is 0 Å². The van der Waals surface area contributed by atoms with Crippen LogP contribution < -0.4 is 16.4 Å². The molecule has 3 atom stereocenters. The largest absolute Gasteiger partial charge is 0.327 e. The first-order valence-corrected chi connectivity index (χ1v) is 11.2. The van der Waals surface area contributed by atoms with Crippen molar-refractivity contribution in [3.05, 3.63) is 70.8 Å². The average Bonchev–Trinajstić information content (AvgIpc) is 3.10. The summed E-state index contributed by atoms with van der Waals surface area (Å²) in [4.78, 5) is 38.2. The lowest BCUT2D eigenvalue weighted by atomic mass is 10.00. The van der Waals surface area contributed by atoms with E-state index in [-0.39, 0.29) is 36.2 Å². The molecule has 3 unspecified atom stereocenters. The van der Waals surface area contributed by atoms with Gasteiger partial charge < -0.3 is 16.0 Å². The van der Waals surface area contributed by atoms with E-state index in [4.69, 9.17) is 5.73 Å². The molecule has 7 heteroatoms. The van der Waals surface area contributed by atoms with Gasteiger partial charge in [-0.15, -0.1) is 0 Å². The summed E-state index contributed by atoms with van der Waals surface area (Å²) in [5.74, 6) is -0.814. The van der Waals surface area contributed by atoms with E-state index in [0.29, 0.717) is 25.1 Å². The van der Waals surface area contributed by atoms with E-state index >= 15 is 0 Å². The van der Waals surface area contributed by atoms with Gasteiger partial charge in [-0.1, -0.05) is 42.5 Å². The molecule has 0 aromatic heterocycles. The van der Waals surface area contributed by atoms with Crippen LogP contribution in [0.3, 0.4) is 0 Å². The zero-order valence-electron chi connectivity index (χ0n) is 18.3. The number of fused-ring (bicyclic) bond motifs is 1. The Labute approximate surface area is 188 Å². The molecular weight excluding hydrogens is 404 g/mol. The number of carbonyl (C=O) groups is 3. The van der Waals surface area contributed by atoms with Gasteiger partial charge in [-0.05, 0) is 48.9 Å². The van der Waals surface area contributed by atoms with Crippen molar-refractivity contribution in [2.75, 3.05) is 0 Å². The van der Waals surface area contributed by atoms with Gasteiger partial charge in [0.1, 0.15) is 6.04 Å². The van der Waals surface area contributed by atoms with Crippen molar-refractivity contribution >= 4 is 17.7 Å². The number of nitrogens with zero attached hydrogens (tertiary/aromatic N) is 1. The van der Waals surface area contributed by atoms with Gasteiger partial charge in [-0.3, -0.25) is 19.7 Å². The SMILES string of the molecule is CC(N)C(CCc1ccccc1)NCc1ccc2c(c1)C(=O)N(C1CCC(=O)NC1=O)C2. The molecular formula is C25H30N4O3. The lowest BCUT2D eigenvalue weighted by molar-refractivity contribution is -0.136. The number of imide groups is 1. The number of nitrogens with two attached hydrogens (primary N) is 1. The van der Waals surface area contributed by atoms with Crippen molar-refractivity contribution in [2.24, 2.45) is 5.73 Å². The number of benzene rings is 2. The summed E-state index contributed by atoms with van der Waals surface area (Å²) in [5, 5.41) is 5.89. The van der Waals surface area contributed by atoms with Crippen molar-refractivity contribution in [1.29, 1.82) is 0 Å². The molecule has 1 saturated heterocycles. The molecule has 168 valence electrons. The molecule has 2 aliphatic rings. The summed E-state index contributed by atoms with van der Waals surface area (Å²) in [6.07, 6.45) is 2.50. The van der Waals surface area contributed by atoms with Crippen molar-refractivity contribution in [3.63, 3.8) is 0 Å². The van der Waals surface area contributed by atoms with Crippen molar-refractivity contribution in [2.45, 2.75) is 63.8 Å². The molecule has 2 aliphatic heterocycles. The normalized spacial score (nSPS) is 20.1.